The van der Waals surface area contributed by atoms with Crippen LogP contribution in [0, 0.1) is 9.49 Å². The minimum Gasteiger partial charge on any atom is -0.339 e. The quantitative estimate of drug-likeness (QED) is 0.713. The smallest absolute Gasteiger partial charge is 0.262 e. The average Bonchev–Trinajstić information content (AvgIpc) is 3.00. The van der Waals surface area contributed by atoms with Gasteiger partial charge in [-0.15, -0.1) is 11.3 Å². The molecule has 1 aromatic carbocycles. The SMILES string of the molecule is CC(C)C(NC(=O)c1cccs1)C(=O)Nc1ccc(I)cc1. The predicted octanol–water partition coefficient (Wildman–Crippen LogP) is 3.75. The second-order valence-electron chi connectivity index (χ2n) is 5.17. The van der Waals surface area contributed by atoms with Crippen molar-refractivity contribution in [1.82, 2.24) is 5.32 Å². The third-order valence-electron chi connectivity index (χ3n) is 3.09. The normalized spacial score (nSPS) is 12.0. The number of amides is 2. The zero-order chi connectivity index (χ0) is 16.1. The Morgan fingerprint density at radius 2 is 1.82 bits per heavy atom. The maximum atomic E-state index is 12.4. The summed E-state index contributed by atoms with van der Waals surface area (Å²) in [4.78, 5) is 25.2. The molecular formula is C16H17IN2O2S. The Morgan fingerprint density at radius 3 is 2.36 bits per heavy atom. The van der Waals surface area contributed by atoms with Gasteiger partial charge in [0, 0.05) is 9.26 Å². The molecule has 0 radical (unpaired) electrons. The molecule has 1 unspecified atom stereocenters. The van der Waals surface area contributed by atoms with Crippen LogP contribution in [-0.2, 0) is 4.79 Å². The number of benzene rings is 1. The summed E-state index contributed by atoms with van der Waals surface area (Å²) in [5.41, 5.74) is 0.724. The molecule has 0 spiro atoms. The highest BCUT2D eigenvalue weighted by Crippen LogP contribution is 2.14. The highest BCUT2D eigenvalue weighted by atomic mass is 127. The van der Waals surface area contributed by atoms with Gasteiger partial charge in [0.1, 0.15) is 6.04 Å². The summed E-state index contributed by atoms with van der Waals surface area (Å²) in [7, 11) is 0. The van der Waals surface area contributed by atoms with Crippen molar-refractivity contribution in [2.45, 2.75) is 19.9 Å². The first-order valence-corrected chi connectivity index (χ1v) is 8.84. The van der Waals surface area contributed by atoms with Gasteiger partial charge in [0.2, 0.25) is 5.91 Å². The van der Waals surface area contributed by atoms with Crippen LogP contribution in [0.3, 0.4) is 0 Å². The number of nitrogens with one attached hydrogen (secondary N) is 2. The summed E-state index contributed by atoms with van der Waals surface area (Å²) < 4.78 is 1.10. The molecule has 2 rings (SSSR count). The lowest BCUT2D eigenvalue weighted by molar-refractivity contribution is -0.118. The third kappa shape index (κ3) is 4.54. The Bertz CT molecular complexity index is 639. The predicted molar refractivity (Wildman–Crippen MR) is 98.2 cm³/mol. The van der Waals surface area contributed by atoms with Crippen molar-refractivity contribution < 1.29 is 9.59 Å². The standard InChI is InChI=1S/C16H17IN2O2S/c1-10(2)14(19-15(20)13-4-3-9-22-13)16(21)18-12-7-5-11(17)6-8-12/h3-10,14H,1-2H3,(H,18,21)(H,19,20). The van der Waals surface area contributed by atoms with E-state index in [4.69, 9.17) is 0 Å². The van der Waals surface area contributed by atoms with Gasteiger partial charge >= 0.3 is 0 Å². The molecule has 4 nitrogen and oxygen atoms in total. The molecule has 116 valence electrons. The van der Waals surface area contributed by atoms with E-state index in [1.807, 2.05) is 49.6 Å². The van der Waals surface area contributed by atoms with Crippen LogP contribution in [0.5, 0.6) is 0 Å². The molecule has 6 heteroatoms. The molecule has 2 amide bonds. The van der Waals surface area contributed by atoms with Gasteiger partial charge in [-0.3, -0.25) is 9.59 Å². The van der Waals surface area contributed by atoms with E-state index < -0.39 is 6.04 Å². The van der Waals surface area contributed by atoms with Gasteiger partial charge in [-0.25, -0.2) is 0 Å². The first kappa shape index (κ1) is 17.0. The van der Waals surface area contributed by atoms with E-state index in [0.29, 0.717) is 4.88 Å². The van der Waals surface area contributed by atoms with Crippen molar-refractivity contribution in [3.8, 4) is 0 Å². The van der Waals surface area contributed by atoms with Crippen LogP contribution in [0.2, 0.25) is 0 Å². The summed E-state index contributed by atoms with van der Waals surface area (Å²) >= 11 is 3.56. The van der Waals surface area contributed by atoms with Crippen LogP contribution in [0.15, 0.2) is 41.8 Å². The highest BCUT2D eigenvalue weighted by Gasteiger charge is 2.25. The van der Waals surface area contributed by atoms with Crippen molar-refractivity contribution in [1.29, 1.82) is 0 Å². The molecular weight excluding hydrogens is 411 g/mol. The van der Waals surface area contributed by atoms with Crippen LogP contribution >= 0.6 is 33.9 Å². The van der Waals surface area contributed by atoms with Gasteiger partial charge in [0.25, 0.3) is 5.91 Å². The van der Waals surface area contributed by atoms with Gasteiger partial charge in [-0.1, -0.05) is 19.9 Å². The van der Waals surface area contributed by atoms with Gasteiger partial charge < -0.3 is 10.6 Å². The van der Waals surface area contributed by atoms with E-state index in [2.05, 4.69) is 33.2 Å². The number of anilines is 1. The van der Waals surface area contributed by atoms with Crippen LogP contribution in [0.4, 0.5) is 5.69 Å². The molecule has 0 saturated heterocycles. The topological polar surface area (TPSA) is 58.2 Å². The van der Waals surface area contributed by atoms with E-state index in [0.717, 1.165) is 9.26 Å². The fourth-order valence-electron chi connectivity index (χ4n) is 1.91. The molecule has 2 aromatic rings. The monoisotopic (exact) mass is 428 g/mol. The Balaban J connectivity index is 2.05. The second kappa shape index (κ2) is 7.73. The lowest BCUT2D eigenvalue weighted by Gasteiger charge is -2.21. The molecule has 1 aromatic heterocycles. The zero-order valence-corrected chi connectivity index (χ0v) is 15.3. The lowest BCUT2D eigenvalue weighted by Crippen LogP contribution is -2.46. The van der Waals surface area contributed by atoms with E-state index in [1.165, 1.54) is 11.3 Å². The minimum atomic E-state index is -0.575. The Morgan fingerprint density at radius 1 is 1.14 bits per heavy atom. The summed E-state index contributed by atoms with van der Waals surface area (Å²) in [5.74, 6) is -0.430. The summed E-state index contributed by atoms with van der Waals surface area (Å²) in [5, 5.41) is 7.49. The Labute approximate surface area is 147 Å². The van der Waals surface area contributed by atoms with Crippen LogP contribution in [0.25, 0.3) is 0 Å². The summed E-state index contributed by atoms with van der Waals surface area (Å²) in [6.07, 6.45) is 0. The van der Waals surface area contributed by atoms with Gasteiger partial charge in [0.15, 0.2) is 0 Å². The van der Waals surface area contributed by atoms with Gasteiger partial charge in [0.05, 0.1) is 4.88 Å². The minimum absolute atomic E-state index is 0.00670. The van der Waals surface area contributed by atoms with Gasteiger partial charge in [-0.2, -0.15) is 0 Å². The molecule has 1 heterocycles. The Hall–Kier alpha value is -1.41. The van der Waals surface area contributed by atoms with Crippen LogP contribution in [-0.4, -0.2) is 17.9 Å². The number of hydrogen-bond acceptors (Lipinski definition) is 3. The van der Waals surface area contributed by atoms with E-state index in [1.54, 1.807) is 6.07 Å². The molecule has 1 atom stereocenters. The second-order valence-corrected chi connectivity index (χ2v) is 7.36. The van der Waals surface area contributed by atoms with Crippen molar-refractivity contribution in [3.05, 3.63) is 50.2 Å². The molecule has 2 N–H and O–H groups in total. The highest BCUT2D eigenvalue weighted by molar-refractivity contribution is 14.1. The van der Waals surface area contributed by atoms with E-state index >= 15 is 0 Å². The van der Waals surface area contributed by atoms with Crippen molar-refractivity contribution in [2.24, 2.45) is 5.92 Å². The number of rotatable bonds is 5. The molecule has 0 saturated carbocycles. The fraction of sp³-hybridized carbons (Fsp3) is 0.250. The van der Waals surface area contributed by atoms with Gasteiger partial charge in [-0.05, 0) is 64.2 Å². The van der Waals surface area contributed by atoms with E-state index in [9.17, 15) is 9.59 Å². The third-order valence-corrected chi connectivity index (χ3v) is 4.68. The van der Waals surface area contributed by atoms with Crippen molar-refractivity contribution in [3.63, 3.8) is 0 Å². The first-order chi connectivity index (χ1) is 10.5. The fourth-order valence-corrected chi connectivity index (χ4v) is 2.89. The number of halogens is 1. The summed E-state index contributed by atoms with van der Waals surface area (Å²) in [6, 6.07) is 10.5. The van der Waals surface area contributed by atoms with E-state index in [-0.39, 0.29) is 17.7 Å². The van der Waals surface area contributed by atoms with Crippen LogP contribution < -0.4 is 10.6 Å². The molecule has 0 aliphatic carbocycles. The van der Waals surface area contributed by atoms with Crippen molar-refractivity contribution in [2.75, 3.05) is 5.32 Å². The number of carbonyl (C=O) groups excluding carboxylic acids is 2. The molecule has 0 bridgehead atoms. The molecule has 22 heavy (non-hydrogen) atoms. The molecule has 0 aliphatic rings. The molecule has 0 aliphatic heterocycles. The number of hydrogen-bond donors (Lipinski definition) is 2. The Kier molecular flexibility index (Phi) is 5.96. The first-order valence-electron chi connectivity index (χ1n) is 6.88. The zero-order valence-electron chi connectivity index (χ0n) is 12.3. The average molecular weight is 428 g/mol. The number of carbonyl (C=O) groups is 2. The maximum Gasteiger partial charge on any atom is 0.262 e. The largest absolute Gasteiger partial charge is 0.339 e. The molecule has 0 fully saturated rings. The maximum absolute atomic E-state index is 12.4. The number of thiophene rings is 1. The summed E-state index contributed by atoms with van der Waals surface area (Å²) in [6.45, 7) is 3.82. The lowest BCUT2D eigenvalue weighted by atomic mass is 10.0. The van der Waals surface area contributed by atoms with Crippen LogP contribution in [0.1, 0.15) is 23.5 Å². The van der Waals surface area contributed by atoms with Crippen molar-refractivity contribution >= 4 is 51.4 Å².